The molecular weight excluding hydrogens is 222 g/mol. The predicted octanol–water partition coefficient (Wildman–Crippen LogP) is 2.05. The fraction of sp³-hybridized carbons (Fsp3) is 0.636. The molecule has 0 unspecified atom stereocenters. The number of nitrogen functional groups attached to an aromatic ring is 1. The average molecular weight is 239 g/mol. The molecule has 1 aliphatic carbocycles. The van der Waals surface area contributed by atoms with E-state index in [0.29, 0.717) is 16.1 Å². The standard InChI is InChI=1S/C11H17N3OS/c1-3-6-14(8-4-5-8)10(15)9-7(2)13-11(12)16-9/h8H,3-6H2,1-2H3,(H2,12,13). The summed E-state index contributed by atoms with van der Waals surface area (Å²) >= 11 is 1.30. The Bertz CT molecular complexity index is 398. The zero-order chi connectivity index (χ0) is 11.7. The van der Waals surface area contributed by atoms with Gasteiger partial charge in [-0.15, -0.1) is 0 Å². The fourth-order valence-corrected chi connectivity index (χ4v) is 2.61. The van der Waals surface area contributed by atoms with Crippen molar-refractivity contribution < 1.29 is 4.79 Å². The molecule has 2 N–H and O–H groups in total. The summed E-state index contributed by atoms with van der Waals surface area (Å²) in [6, 6.07) is 0.454. The molecule has 1 aliphatic rings. The molecular formula is C11H17N3OS. The lowest BCUT2D eigenvalue weighted by Gasteiger charge is -2.20. The van der Waals surface area contributed by atoms with Crippen molar-refractivity contribution in [1.82, 2.24) is 9.88 Å². The lowest BCUT2D eigenvalue weighted by Crippen LogP contribution is -2.33. The quantitative estimate of drug-likeness (QED) is 0.874. The monoisotopic (exact) mass is 239 g/mol. The van der Waals surface area contributed by atoms with Gasteiger partial charge < -0.3 is 10.6 Å². The Kier molecular flexibility index (Phi) is 3.14. The number of carbonyl (C=O) groups is 1. The first-order valence-corrected chi connectivity index (χ1v) is 6.49. The van der Waals surface area contributed by atoms with Gasteiger partial charge in [-0.3, -0.25) is 4.79 Å². The Morgan fingerprint density at radius 3 is 2.75 bits per heavy atom. The molecule has 4 nitrogen and oxygen atoms in total. The van der Waals surface area contributed by atoms with E-state index in [1.54, 1.807) is 0 Å². The third-order valence-corrected chi connectivity index (χ3v) is 3.69. The average Bonchev–Trinajstić information content (AvgIpc) is 3.00. The molecule has 1 aromatic heterocycles. The third kappa shape index (κ3) is 2.19. The Hall–Kier alpha value is -1.10. The summed E-state index contributed by atoms with van der Waals surface area (Å²) in [5, 5.41) is 0.480. The number of anilines is 1. The minimum absolute atomic E-state index is 0.107. The molecule has 1 heterocycles. The van der Waals surface area contributed by atoms with Crippen LogP contribution in [0.25, 0.3) is 0 Å². The zero-order valence-corrected chi connectivity index (χ0v) is 10.5. The van der Waals surface area contributed by atoms with Gasteiger partial charge in [-0.1, -0.05) is 18.3 Å². The zero-order valence-electron chi connectivity index (χ0n) is 9.69. The van der Waals surface area contributed by atoms with E-state index >= 15 is 0 Å². The summed E-state index contributed by atoms with van der Waals surface area (Å²) in [5.74, 6) is 0.107. The van der Waals surface area contributed by atoms with Crippen LogP contribution < -0.4 is 5.73 Å². The highest BCUT2D eigenvalue weighted by molar-refractivity contribution is 7.17. The molecule has 88 valence electrons. The summed E-state index contributed by atoms with van der Waals surface area (Å²) in [6.45, 7) is 4.77. The fourth-order valence-electron chi connectivity index (χ4n) is 1.82. The third-order valence-electron chi connectivity index (χ3n) is 2.72. The van der Waals surface area contributed by atoms with E-state index in [0.717, 1.165) is 31.5 Å². The number of thiazole rings is 1. The summed E-state index contributed by atoms with van der Waals surface area (Å²) in [5.41, 5.74) is 6.38. The molecule has 0 bridgehead atoms. The van der Waals surface area contributed by atoms with Crippen LogP contribution in [0.4, 0.5) is 5.13 Å². The van der Waals surface area contributed by atoms with Crippen LogP contribution in [-0.2, 0) is 0 Å². The summed E-state index contributed by atoms with van der Waals surface area (Å²) in [4.78, 5) is 19.1. The first-order valence-electron chi connectivity index (χ1n) is 5.67. The number of aryl methyl sites for hydroxylation is 1. The van der Waals surface area contributed by atoms with E-state index in [-0.39, 0.29) is 5.91 Å². The molecule has 1 amide bonds. The maximum Gasteiger partial charge on any atom is 0.266 e. The molecule has 16 heavy (non-hydrogen) atoms. The van der Waals surface area contributed by atoms with Gasteiger partial charge in [0.1, 0.15) is 4.88 Å². The Labute approximate surface area is 99.5 Å². The van der Waals surface area contributed by atoms with Crippen molar-refractivity contribution in [2.24, 2.45) is 0 Å². The van der Waals surface area contributed by atoms with Gasteiger partial charge in [0.05, 0.1) is 5.69 Å². The molecule has 0 radical (unpaired) electrons. The van der Waals surface area contributed by atoms with Crippen LogP contribution >= 0.6 is 11.3 Å². The van der Waals surface area contributed by atoms with Gasteiger partial charge in [-0.2, -0.15) is 0 Å². The first kappa shape index (κ1) is 11.4. The summed E-state index contributed by atoms with van der Waals surface area (Å²) in [6.07, 6.45) is 3.27. The van der Waals surface area contributed by atoms with E-state index in [4.69, 9.17) is 5.73 Å². The first-order chi connectivity index (χ1) is 7.63. The normalized spacial score (nSPS) is 15.1. The number of aromatic nitrogens is 1. The number of amides is 1. The van der Waals surface area contributed by atoms with Crippen LogP contribution in [0, 0.1) is 6.92 Å². The lowest BCUT2D eigenvalue weighted by molar-refractivity contribution is 0.0747. The Balaban J connectivity index is 2.18. The highest BCUT2D eigenvalue weighted by atomic mass is 32.1. The summed E-state index contributed by atoms with van der Waals surface area (Å²) in [7, 11) is 0. The SMILES string of the molecule is CCCN(C(=O)c1sc(N)nc1C)C1CC1. The molecule has 0 spiro atoms. The number of rotatable bonds is 4. The second-order valence-corrected chi connectivity index (χ2v) is 5.23. The van der Waals surface area contributed by atoms with Crippen LogP contribution in [0.5, 0.6) is 0 Å². The summed E-state index contributed by atoms with van der Waals surface area (Å²) < 4.78 is 0. The van der Waals surface area contributed by atoms with Gasteiger partial charge >= 0.3 is 0 Å². The number of carbonyl (C=O) groups excluding carboxylic acids is 1. The van der Waals surface area contributed by atoms with E-state index in [9.17, 15) is 4.79 Å². The smallest absolute Gasteiger partial charge is 0.266 e. The molecule has 0 aliphatic heterocycles. The van der Waals surface area contributed by atoms with Gasteiger partial charge in [-0.05, 0) is 26.2 Å². The number of nitrogens with zero attached hydrogens (tertiary/aromatic N) is 2. The Morgan fingerprint density at radius 2 is 2.31 bits per heavy atom. The molecule has 0 atom stereocenters. The number of hydrogen-bond donors (Lipinski definition) is 1. The van der Waals surface area contributed by atoms with Crippen LogP contribution in [0.1, 0.15) is 41.6 Å². The van der Waals surface area contributed by atoms with E-state index in [2.05, 4.69) is 11.9 Å². The molecule has 1 fully saturated rings. The Morgan fingerprint density at radius 1 is 1.62 bits per heavy atom. The van der Waals surface area contributed by atoms with Crippen molar-refractivity contribution >= 4 is 22.4 Å². The topological polar surface area (TPSA) is 59.2 Å². The highest BCUT2D eigenvalue weighted by Crippen LogP contribution is 2.30. The van der Waals surface area contributed by atoms with Gasteiger partial charge in [0.15, 0.2) is 5.13 Å². The molecule has 1 saturated carbocycles. The predicted molar refractivity (Wildman–Crippen MR) is 65.6 cm³/mol. The van der Waals surface area contributed by atoms with Gasteiger partial charge in [0, 0.05) is 12.6 Å². The second-order valence-electron chi connectivity index (χ2n) is 4.20. The highest BCUT2D eigenvalue weighted by Gasteiger charge is 2.33. The minimum Gasteiger partial charge on any atom is -0.375 e. The minimum atomic E-state index is 0.107. The van der Waals surface area contributed by atoms with Crippen LogP contribution in [-0.4, -0.2) is 28.4 Å². The maximum atomic E-state index is 12.3. The van der Waals surface area contributed by atoms with Crippen LogP contribution in [0.3, 0.4) is 0 Å². The molecule has 1 aromatic rings. The maximum absolute atomic E-state index is 12.3. The van der Waals surface area contributed by atoms with Crippen molar-refractivity contribution in [1.29, 1.82) is 0 Å². The van der Waals surface area contributed by atoms with Crippen LogP contribution in [0.2, 0.25) is 0 Å². The van der Waals surface area contributed by atoms with Crippen molar-refractivity contribution in [3.63, 3.8) is 0 Å². The molecule has 5 heteroatoms. The largest absolute Gasteiger partial charge is 0.375 e. The van der Waals surface area contributed by atoms with Gasteiger partial charge in [0.25, 0.3) is 5.91 Å². The second kappa shape index (κ2) is 4.41. The van der Waals surface area contributed by atoms with E-state index in [1.807, 2.05) is 11.8 Å². The van der Waals surface area contributed by atoms with E-state index < -0.39 is 0 Å². The van der Waals surface area contributed by atoms with E-state index in [1.165, 1.54) is 11.3 Å². The van der Waals surface area contributed by atoms with Gasteiger partial charge in [-0.25, -0.2) is 4.98 Å². The number of nitrogens with two attached hydrogens (primary N) is 1. The van der Waals surface area contributed by atoms with Crippen molar-refractivity contribution in [3.8, 4) is 0 Å². The van der Waals surface area contributed by atoms with Gasteiger partial charge in [0.2, 0.25) is 0 Å². The van der Waals surface area contributed by atoms with Crippen molar-refractivity contribution in [2.45, 2.75) is 39.2 Å². The van der Waals surface area contributed by atoms with Crippen molar-refractivity contribution in [2.75, 3.05) is 12.3 Å². The van der Waals surface area contributed by atoms with Crippen LogP contribution in [0.15, 0.2) is 0 Å². The number of hydrogen-bond acceptors (Lipinski definition) is 4. The lowest BCUT2D eigenvalue weighted by atomic mass is 10.3. The molecule has 2 rings (SSSR count). The molecule has 0 saturated heterocycles. The molecule has 0 aromatic carbocycles. The van der Waals surface area contributed by atoms with Crippen molar-refractivity contribution in [3.05, 3.63) is 10.6 Å².